The zero-order chi connectivity index (χ0) is 16.4. The summed E-state index contributed by atoms with van der Waals surface area (Å²) in [6.07, 6.45) is 0.120. The molecule has 0 saturated carbocycles. The van der Waals surface area contributed by atoms with Crippen molar-refractivity contribution < 1.29 is 14.5 Å². The van der Waals surface area contributed by atoms with Crippen LogP contribution in [0.2, 0.25) is 0 Å². The average molecular weight is 328 g/mol. The summed E-state index contributed by atoms with van der Waals surface area (Å²) in [5.41, 5.74) is 0.559. The van der Waals surface area contributed by atoms with Crippen molar-refractivity contribution in [3.63, 3.8) is 0 Å². The second-order valence-corrected chi connectivity index (χ2v) is 6.24. The maximum atomic E-state index is 12.5. The monoisotopic (exact) mass is 328 g/mol. The maximum absolute atomic E-state index is 12.5. The predicted molar refractivity (Wildman–Crippen MR) is 86.3 cm³/mol. The fourth-order valence-corrected chi connectivity index (χ4v) is 3.41. The number of nitrogens with zero attached hydrogens (tertiary/aromatic N) is 2. The Morgan fingerprint density at radius 1 is 1.04 bits per heavy atom. The van der Waals surface area contributed by atoms with Crippen LogP contribution in [-0.4, -0.2) is 22.0 Å². The molecule has 6 nitrogen and oxygen atoms in total. The van der Waals surface area contributed by atoms with E-state index in [9.17, 15) is 19.7 Å². The number of carbonyl (C=O) groups is 2. The Morgan fingerprint density at radius 2 is 1.70 bits per heavy atom. The lowest BCUT2D eigenvalue weighted by molar-refractivity contribution is -0.384. The van der Waals surface area contributed by atoms with Gasteiger partial charge in [0, 0.05) is 23.4 Å². The minimum atomic E-state index is -0.510. The third-order valence-electron chi connectivity index (χ3n) is 3.45. The summed E-state index contributed by atoms with van der Waals surface area (Å²) in [4.78, 5) is 36.7. The lowest BCUT2D eigenvalue weighted by Gasteiger charge is -2.14. The number of rotatable bonds is 4. The molecule has 0 unspecified atom stereocenters. The summed E-state index contributed by atoms with van der Waals surface area (Å²) in [5.74, 6) is -0.495. The molecule has 3 rings (SSSR count). The third kappa shape index (κ3) is 3.09. The van der Waals surface area contributed by atoms with Crippen LogP contribution in [0.1, 0.15) is 6.42 Å². The molecule has 2 aromatic rings. The Kier molecular flexibility index (Phi) is 4.12. The molecule has 1 aliphatic rings. The van der Waals surface area contributed by atoms with E-state index >= 15 is 0 Å². The molecular formula is C16H12N2O4S. The molecule has 0 spiro atoms. The van der Waals surface area contributed by atoms with Crippen molar-refractivity contribution in [1.82, 2.24) is 0 Å². The normalized spacial score (nSPS) is 17.6. The zero-order valence-electron chi connectivity index (χ0n) is 11.9. The quantitative estimate of drug-likeness (QED) is 0.489. The van der Waals surface area contributed by atoms with E-state index in [0.29, 0.717) is 5.69 Å². The second kappa shape index (κ2) is 6.21. The van der Waals surface area contributed by atoms with Gasteiger partial charge in [0.05, 0.1) is 15.9 Å². The average Bonchev–Trinajstić information content (AvgIpc) is 2.82. The van der Waals surface area contributed by atoms with Gasteiger partial charge in [0.2, 0.25) is 11.8 Å². The number of benzene rings is 2. The first-order valence-corrected chi connectivity index (χ1v) is 7.77. The van der Waals surface area contributed by atoms with Crippen LogP contribution >= 0.6 is 11.8 Å². The SMILES string of the molecule is O=C1C[C@H](Sc2ccc([N+](=O)[O-])cc2)C(=O)N1c1ccccc1. The lowest BCUT2D eigenvalue weighted by Crippen LogP contribution is -2.30. The number of para-hydroxylation sites is 1. The number of non-ortho nitro benzene ring substituents is 1. The van der Waals surface area contributed by atoms with Gasteiger partial charge in [-0.15, -0.1) is 11.8 Å². The van der Waals surface area contributed by atoms with E-state index in [4.69, 9.17) is 0 Å². The second-order valence-electron chi connectivity index (χ2n) is 4.96. The van der Waals surface area contributed by atoms with Gasteiger partial charge >= 0.3 is 0 Å². The third-order valence-corrected chi connectivity index (χ3v) is 4.64. The molecule has 1 atom stereocenters. The number of anilines is 1. The number of carbonyl (C=O) groups excluding carboxylic acids is 2. The van der Waals surface area contributed by atoms with Crippen molar-refractivity contribution in [2.75, 3.05) is 4.90 Å². The zero-order valence-corrected chi connectivity index (χ0v) is 12.7. The maximum Gasteiger partial charge on any atom is 0.269 e. The standard InChI is InChI=1S/C16H12N2O4S/c19-15-10-14(16(20)17(15)11-4-2-1-3-5-11)23-13-8-6-12(7-9-13)18(21)22/h1-9,14H,10H2/t14-/m0/s1. The Bertz CT molecular complexity index is 761. The molecule has 116 valence electrons. The van der Waals surface area contributed by atoms with Crippen LogP contribution in [0.15, 0.2) is 59.5 Å². The summed E-state index contributed by atoms with van der Waals surface area (Å²) in [6, 6.07) is 14.7. The van der Waals surface area contributed by atoms with Crippen LogP contribution in [-0.2, 0) is 9.59 Å². The molecule has 0 aliphatic carbocycles. The first-order valence-electron chi connectivity index (χ1n) is 6.89. The number of imide groups is 1. The molecule has 1 fully saturated rings. The summed E-state index contributed by atoms with van der Waals surface area (Å²) in [6.45, 7) is 0. The fraction of sp³-hybridized carbons (Fsp3) is 0.125. The first kappa shape index (κ1) is 15.2. The molecular weight excluding hydrogens is 316 g/mol. The highest BCUT2D eigenvalue weighted by Gasteiger charge is 2.40. The van der Waals surface area contributed by atoms with Crippen LogP contribution in [0.4, 0.5) is 11.4 Å². The highest BCUT2D eigenvalue weighted by Crippen LogP contribution is 2.34. The molecule has 0 N–H and O–H groups in total. The van der Waals surface area contributed by atoms with E-state index < -0.39 is 10.2 Å². The Labute approximate surface area is 136 Å². The summed E-state index contributed by atoms with van der Waals surface area (Å²) >= 11 is 1.25. The highest BCUT2D eigenvalue weighted by atomic mass is 32.2. The Hall–Kier alpha value is -2.67. The molecule has 2 amide bonds. The molecule has 1 heterocycles. The van der Waals surface area contributed by atoms with Crippen molar-refractivity contribution in [2.24, 2.45) is 0 Å². The fourth-order valence-electron chi connectivity index (χ4n) is 2.36. The summed E-state index contributed by atoms with van der Waals surface area (Å²) in [7, 11) is 0. The van der Waals surface area contributed by atoms with Gasteiger partial charge < -0.3 is 0 Å². The number of hydrogen-bond acceptors (Lipinski definition) is 5. The van der Waals surface area contributed by atoms with Gasteiger partial charge in [-0.1, -0.05) is 18.2 Å². The van der Waals surface area contributed by atoms with Gasteiger partial charge in [-0.25, -0.2) is 4.90 Å². The lowest BCUT2D eigenvalue weighted by atomic mass is 10.3. The first-order chi connectivity index (χ1) is 11.1. The molecule has 0 bridgehead atoms. The number of nitro benzene ring substituents is 1. The van der Waals surface area contributed by atoms with Gasteiger partial charge in [0.25, 0.3) is 5.69 Å². The minimum absolute atomic E-state index is 0.00548. The van der Waals surface area contributed by atoms with Gasteiger partial charge in [-0.05, 0) is 24.3 Å². The van der Waals surface area contributed by atoms with Crippen LogP contribution in [0.5, 0.6) is 0 Å². The number of nitro groups is 1. The van der Waals surface area contributed by atoms with Crippen LogP contribution in [0.25, 0.3) is 0 Å². The predicted octanol–water partition coefficient (Wildman–Crippen LogP) is 3.02. The van der Waals surface area contributed by atoms with Crippen LogP contribution in [0, 0.1) is 10.1 Å². The smallest absolute Gasteiger partial charge is 0.269 e. The van der Waals surface area contributed by atoms with Gasteiger partial charge in [-0.3, -0.25) is 19.7 Å². The number of thioether (sulfide) groups is 1. The van der Waals surface area contributed by atoms with Gasteiger partial charge in [0.15, 0.2) is 0 Å². The summed E-state index contributed by atoms with van der Waals surface area (Å²) in [5, 5.41) is 10.1. The summed E-state index contributed by atoms with van der Waals surface area (Å²) < 4.78 is 0. The van der Waals surface area contributed by atoms with E-state index in [0.717, 1.165) is 4.90 Å². The van der Waals surface area contributed by atoms with E-state index in [1.807, 2.05) is 6.07 Å². The molecule has 7 heteroatoms. The number of amides is 2. The molecule has 0 aromatic heterocycles. The van der Waals surface area contributed by atoms with Crippen molar-refractivity contribution in [2.45, 2.75) is 16.6 Å². The van der Waals surface area contributed by atoms with Crippen molar-refractivity contribution >= 4 is 35.0 Å². The Morgan fingerprint density at radius 3 is 2.30 bits per heavy atom. The van der Waals surface area contributed by atoms with E-state index in [1.165, 1.54) is 28.8 Å². The van der Waals surface area contributed by atoms with Crippen LogP contribution < -0.4 is 4.90 Å². The Balaban J connectivity index is 1.76. The van der Waals surface area contributed by atoms with Gasteiger partial charge in [-0.2, -0.15) is 0 Å². The minimum Gasteiger partial charge on any atom is -0.274 e. The van der Waals surface area contributed by atoms with Crippen LogP contribution in [0.3, 0.4) is 0 Å². The molecule has 1 aliphatic heterocycles. The highest BCUT2D eigenvalue weighted by molar-refractivity contribution is 8.00. The largest absolute Gasteiger partial charge is 0.274 e. The van der Waals surface area contributed by atoms with E-state index in [1.54, 1.807) is 36.4 Å². The van der Waals surface area contributed by atoms with E-state index in [-0.39, 0.29) is 23.9 Å². The molecule has 23 heavy (non-hydrogen) atoms. The molecule has 2 aromatic carbocycles. The van der Waals surface area contributed by atoms with Crippen molar-refractivity contribution in [3.05, 3.63) is 64.7 Å². The topological polar surface area (TPSA) is 80.5 Å². The molecule has 1 saturated heterocycles. The van der Waals surface area contributed by atoms with E-state index in [2.05, 4.69) is 0 Å². The van der Waals surface area contributed by atoms with Gasteiger partial charge in [0.1, 0.15) is 0 Å². The van der Waals surface area contributed by atoms with Crippen molar-refractivity contribution in [3.8, 4) is 0 Å². The van der Waals surface area contributed by atoms with Crippen molar-refractivity contribution in [1.29, 1.82) is 0 Å². The number of hydrogen-bond donors (Lipinski definition) is 0. The molecule has 0 radical (unpaired) electrons.